The Kier molecular flexibility index (Phi) is 6.17. The highest BCUT2D eigenvalue weighted by Crippen LogP contribution is 2.34. The molecule has 3 heterocycles. The third kappa shape index (κ3) is 4.73. The van der Waals surface area contributed by atoms with Gasteiger partial charge in [-0.05, 0) is 49.4 Å². The van der Waals surface area contributed by atoms with E-state index in [0.29, 0.717) is 35.7 Å². The number of fused-ring (bicyclic) bond motifs is 1. The smallest absolute Gasteiger partial charge is 0.262 e. The van der Waals surface area contributed by atoms with Gasteiger partial charge in [0.2, 0.25) is 0 Å². The molecule has 0 atom stereocenters. The monoisotopic (exact) mass is 461 g/mol. The summed E-state index contributed by atoms with van der Waals surface area (Å²) in [7, 11) is 0. The van der Waals surface area contributed by atoms with Crippen LogP contribution in [0.4, 0.5) is 11.5 Å². The molecule has 0 unspecified atom stereocenters. The average molecular weight is 462 g/mol. The van der Waals surface area contributed by atoms with Crippen LogP contribution in [-0.2, 0) is 14.3 Å². The molecule has 1 aromatic heterocycles. The van der Waals surface area contributed by atoms with Crippen LogP contribution >= 0.6 is 0 Å². The van der Waals surface area contributed by atoms with Crippen LogP contribution in [0.15, 0.2) is 54.6 Å². The molecule has 2 aliphatic rings. The van der Waals surface area contributed by atoms with Crippen molar-refractivity contribution in [1.29, 1.82) is 0 Å². The lowest BCUT2D eigenvalue weighted by molar-refractivity contribution is -0.169. The van der Waals surface area contributed by atoms with Crippen molar-refractivity contribution in [1.82, 2.24) is 4.98 Å². The Bertz CT molecular complexity index is 1190. The molecule has 2 aromatic carbocycles. The van der Waals surface area contributed by atoms with Crippen LogP contribution in [-0.4, -0.2) is 55.4 Å². The SMILES string of the molecule is CC(=O)c1ccc(NC(=O)COc2cccc3ccc(N4CCC5(CC4)OCCO5)nc23)cc1. The van der Waals surface area contributed by atoms with E-state index in [2.05, 4.69) is 10.2 Å². The lowest BCUT2D eigenvalue weighted by Crippen LogP contribution is -2.45. The quantitative estimate of drug-likeness (QED) is 0.559. The van der Waals surface area contributed by atoms with Crippen molar-refractivity contribution >= 4 is 34.1 Å². The van der Waals surface area contributed by atoms with E-state index < -0.39 is 5.79 Å². The van der Waals surface area contributed by atoms with Gasteiger partial charge in [0, 0.05) is 42.6 Å². The number of nitrogens with one attached hydrogen (secondary N) is 1. The maximum atomic E-state index is 12.4. The largest absolute Gasteiger partial charge is 0.481 e. The Labute approximate surface area is 197 Å². The molecule has 3 aromatic rings. The number of amides is 1. The molecule has 1 N–H and O–H groups in total. The molecule has 2 saturated heterocycles. The average Bonchev–Trinajstić information content (AvgIpc) is 3.31. The molecule has 176 valence electrons. The highest BCUT2D eigenvalue weighted by atomic mass is 16.7. The van der Waals surface area contributed by atoms with Gasteiger partial charge in [0.05, 0.1) is 13.2 Å². The van der Waals surface area contributed by atoms with E-state index in [1.807, 2.05) is 30.3 Å². The maximum Gasteiger partial charge on any atom is 0.262 e. The fraction of sp³-hybridized carbons (Fsp3) is 0.346. The number of piperidine rings is 1. The first kappa shape index (κ1) is 22.3. The maximum absolute atomic E-state index is 12.4. The number of ketones is 1. The summed E-state index contributed by atoms with van der Waals surface area (Å²) >= 11 is 0. The number of hydrogen-bond donors (Lipinski definition) is 1. The van der Waals surface area contributed by atoms with Gasteiger partial charge in [0.15, 0.2) is 18.2 Å². The van der Waals surface area contributed by atoms with Gasteiger partial charge in [-0.3, -0.25) is 9.59 Å². The fourth-order valence-corrected chi connectivity index (χ4v) is 4.39. The number of hydrogen-bond acceptors (Lipinski definition) is 7. The molecule has 8 heteroatoms. The molecule has 2 fully saturated rings. The number of anilines is 2. The van der Waals surface area contributed by atoms with E-state index in [-0.39, 0.29) is 18.3 Å². The van der Waals surface area contributed by atoms with Crippen molar-refractivity contribution in [2.45, 2.75) is 25.6 Å². The van der Waals surface area contributed by atoms with Crippen LogP contribution in [0.3, 0.4) is 0 Å². The molecule has 1 amide bonds. The van der Waals surface area contributed by atoms with Crippen LogP contribution < -0.4 is 15.0 Å². The van der Waals surface area contributed by atoms with Crippen LogP contribution in [0.2, 0.25) is 0 Å². The summed E-state index contributed by atoms with van der Waals surface area (Å²) in [6.45, 7) is 4.27. The normalized spacial score (nSPS) is 17.1. The molecular formula is C26H27N3O5. The number of benzene rings is 2. The molecule has 5 rings (SSSR count). The van der Waals surface area contributed by atoms with Crippen molar-refractivity contribution in [3.05, 3.63) is 60.2 Å². The lowest BCUT2D eigenvalue weighted by atomic mass is 10.0. The van der Waals surface area contributed by atoms with Gasteiger partial charge in [-0.1, -0.05) is 12.1 Å². The fourth-order valence-electron chi connectivity index (χ4n) is 4.39. The second-order valence-corrected chi connectivity index (χ2v) is 8.56. The van der Waals surface area contributed by atoms with E-state index in [9.17, 15) is 9.59 Å². The number of carbonyl (C=O) groups is 2. The number of rotatable bonds is 6. The minimum Gasteiger partial charge on any atom is -0.481 e. The first-order chi connectivity index (χ1) is 16.5. The minimum absolute atomic E-state index is 0.0201. The second kappa shape index (κ2) is 9.40. The van der Waals surface area contributed by atoms with Crippen molar-refractivity contribution in [3.63, 3.8) is 0 Å². The van der Waals surface area contributed by atoms with Crippen molar-refractivity contribution in [3.8, 4) is 5.75 Å². The number of pyridine rings is 1. The van der Waals surface area contributed by atoms with E-state index in [0.717, 1.165) is 37.1 Å². The summed E-state index contributed by atoms with van der Waals surface area (Å²) in [5, 5.41) is 3.73. The van der Waals surface area contributed by atoms with Crippen molar-refractivity contribution in [2.24, 2.45) is 0 Å². The summed E-state index contributed by atoms with van der Waals surface area (Å²) < 4.78 is 17.5. The zero-order valence-electron chi connectivity index (χ0n) is 19.1. The number of carbonyl (C=O) groups excluding carboxylic acids is 2. The lowest BCUT2D eigenvalue weighted by Gasteiger charge is -2.38. The molecule has 0 saturated carbocycles. The Balaban J connectivity index is 1.25. The van der Waals surface area contributed by atoms with Gasteiger partial charge in [-0.2, -0.15) is 0 Å². The highest BCUT2D eigenvalue weighted by molar-refractivity contribution is 5.96. The van der Waals surface area contributed by atoms with Crippen molar-refractivity contribution in [2.75, 3.05) is 43.1 Å². The standard InChI is InChI=1S/C26H27N3O5/c1-18(30)19-5-8-21(9-6-19)27-24(31)17-32-22-4-2-3-20-7-10-23(28-25(20)22)29-13-11-26(12-14-29)33-15-16-34-26/h2-10H,11-17H2,1H3,(H,27,31). The van der Waals surface area contributed by atoms with Gasteiger partial charge in [-0.25, -0.2) is 4.98 Å². The van der Waals surface area contributed by atoms with Gasteiger partial charge < -0.3 is 24.4 Å². The number of ether oxygens (including phenoxy) is 3. The summed E-state index contributed by atoms with van der Waals surface area (Å²) in [5.41, 5.74) is 1.92. The second-order valence-electron chi connectivity index (χ2n) is 8.56. The van der Waals surface area contributed by atoms with Gasteiger partial charge >= 0.3 is 0 Å². The molecule has 0 aliphatic carbocycles. The van der Waals surface area contributed by atoms with Gasteiger partial charge in [0.1, 0.15) is 17.1 Å². The van der Waals surface area contributed by atoms with E-state index in [1.54, 1.807) is 24.3 Å². The first-order valence-corrected chi connectivity index (χ1v) is 11.5. The third-order valence-corrected chi connectivity index (χ3v) is 6.27. The van der Waals surface area contributed by atoms with Crippen LogP contribution in [0, 0.1) is 0 Å². The summed E-state index contributed by atoms with van der Waals surface area (Å²) in [6, 6.07) is 16.5. The van der Waals surface area contributed by atoms with Crippen LogP contribution in [0.25, 0.3) is 10.9 Å². The molecule has 0 bridgehead atoms. The number of para-hydroxylation sites is 1. The van der Waals surface area contributed by atoms with E-state index >= 15 is 0 Å². The molecule has 8 nitrogen and oxygen atoms in total. The molecule has 34 heavy (non-hydrogen) atoms. The number of Topliss-reactive ketones (excluding diaryl/α,β-unsaturated/α-hetero) is 1. The van der Waals surface area contributed by atoms with Gasteiger partial charge in [0.25, 0.3) is 5.91 Å². The Morgan fingerprint density at radius 3 is 2.47 bits per heavy atom. The first-order valence-electron chi connectivity index (χ1n) is 11.5. The number of nitrogens with zero attached hydrogens (tertiary/aromatic N) is 2. The van der Waals surface area contributed by atoms with Crippen molar-refractivity contribution < 1.29 is 23.8 Å². The molecule has 0 radical (unpaired) electrons. The Morgan fingerprint density at radius 1 is 1.03 bits per heavy atom. The summed E-state index contributed by atoms with van der Waals surface area (Å²) in [4.78, 5) is 30.9. The van der Waals surface area contributed by atoms with E-state index in [1.165, 1.54) is 6.92 Å². The Hall–Kier alpha value is -3.49. The highest BCUT2D eigenvalue weighted by Gasteiger charge is 2.40. The predicted octanol–water partition coefficient (Wildman–Crippen LogP) is 3.80. The topological polar surface area (TPSA) is 90.0 Å². The number of aromatic nitrogens is 1. The minimum atomic E-state index is -0.429. The molecule has 1 spiro atoms. The van der Waals surface area contributed by atoms with Gasteiger partial charge in [-0.15, -0.1) is 0 Å². The molecular weight excluding hydrogens is 434 g/mol. The zero-order valence-corrected chi connectivity index (χ0v) is 19.1. The predicted molar refractivity (Wildman–Crippen MR) is 128 cm³/mol. The summed E-state index contributed by atoms with van der Waals surface area (Å²) in [5.74, 6) is 0.681. The van der Waals surface area contributed by atoms with Crippen LogP contribution in [0.5, 0.6) is 5.75 Å². The summed E-state index contributed by atoms with van der Waals surface area (Å²) in [6.07, 6.45) is 1.61. The Morgan fingerprint density at radius 2 is 1.76 bits per heavy atom. The van der Waals surface area contributed by atoms with E-state index in [4.69, 9.17) is 19.2 Å². The third-order valence-electron chi connectivity index (χ3n) is 6.27. The van der Waals surface area contributed by atoms with Crippen LogP contribution in [0.1, 0.15) is 30.1 Å². The zero-order chi connectivity index (χ0) is 23.5. The molecule has 2 aliphatic heterocycles.